The van der Waals surface area contributed by atoms with Crippen LogP contribution in [-0.2, 0) is 9.47 Å². The Balaban J connectivity index is 2.28. The van der Waals surface area contributed by atoms with Crippen LogP contribution in [0.1, 0.15) is 125 Å². The number of hydrogen-bond donors (Lipinski definition) is 2. The smallest absolute Gasteiger partial charge is 0.412 e. The number of unbranched alkanes of at least 4 members (excludes halogenated alkanes) is 11. The molecule has 32 heavy (non-hydrogen) atoms. The van der Waals surface area contributed by atoms with E-state index in [2.05, 4.69) is 6.92 Å². The van der Waals surface area contributed by atoms with Gasteiger partial charge in [-0.25, -0.2) is 4.79 Å². The third-order valence-electron chi connectivity index (χ3n) is 6.25. The highest BCUT2D eigenvalue weighted by molar-refractivity contribution is 5.70. The van der Waals surface area contributed by atoms with E-state index in [1.807, 2.05) is 20.8 Å². The third kappa shape index (κ3) is 10.8. The molecule has 0 aromatic rings. The molecule has 6 nitrogen and oxygen atoms in total. The zero-order valence-electron chi connectivity index (χ0n) is 21.7. The van der Waals surface area contributed by atoms with Crippen LogP contribution in [0.2, 0.25) is 0 Å². The van der Waals surface area contributed by atoms with Gasteiger partial charge in [-0.05, 0) is 41.0 Å². The van der Waals surface area contributed by atoms with Gasteiger partial charge in [0, 0.05) is 0 Å². The first kappa shape index (κ1) is 29.2. The molecule has 0 saturated carbocycles. The van der Waals surface area contributed by atoms with Gasteiger partial charge in [0.2, 0.25) is 0 Å². The lowest BCUT2D eigenvalue weighted by molar-refractivity contribution is -0.0773. The molecule has 0 unspecified atom stereocenters. The molecule has 190 valence electrons. The highest BCUT2D eigenvalue weighted by Gasteiger charge is 2.49. The Morgan fingerprint density at radius 2 is 1.44 bits per heavy atom. The predicted octanol–water partition coefficient (Wildman–Crippen LogP) is 6.17. The number of ether oxygens (including phenoxy) is 2. The first-order valence-corrected chi connectivity index (χ1v) is 13.0. The quantitative estimate of drug-likeness (QED) is 0.287. The normalized spacial score (nSPS) is 20.4. The van der Waals surface area contributed by atoms with Crippen molar-refractivity contribution < 1.29 is 24.5 Å². The molecule has 0 aromatic heterocycles. The Morgan fingerprint density at radius 3 is 1.91 bits per heavy atom. The van der Waals surface area contributed by atoms with Gasteiger partial charge in [-0.3, -0.25) is 4.90 Å². The standard InChI is InChI=1S/C26H51NO5/c1-7-8-9-10-11-12-13-14-15-16-17-18-19-22(28)23(29)21-20-31-26(5,6)27(21)24(30)32-25(2,3)4/h21-23,28-29H,7-20H2,1-6H3/t21-,22-,23-/m0/s1. The Labute approximate surface area is 197 Å². The van der Waals surface area contributed by atoms with E-state index in [1.54, 1.807) is 13.8 Å². The van der Waals surface area contributed by atoms with Gasteiger partial charge in [0.25, 0.3) is 0 Å². The van der Waals surface area contributed by atoms with Crippen molar-refractivity contribution in [2.75, 3.05) is 6.61 Å². The SMILES string of the molecule is CCCCCCCCCCCCCC[C@H](O)[C@@H](O)[C@@H]1COC(C)(C)N1C(=O)OC(C)(C)C. The number of amides is 1. The maximum absolute atomic E-state index is 12.7. The van der Waals surface area contributed by atoms with Crippen molar-refractivity contribution in [1.82, 2.24) is 4.90 Å². The fourth-order valence-electron chi connectivity index (χ4n) is 4.37. The van der Waals surface area contributed by atoms with Crippen molar-refractivity contribution in [2.24, 2.45) is 0 Å². The van der Waals surface area contributed by atoms with E-state index in [0.29, 0.717) is 6.42 Å². The molecule has 0 aliphatic carbocycles. The molecule has 1 aliphatic rings. The summed E-state index contributed by atoms with van der Waals surface area (Å²) >= 11 is 0. The summed E-state index contributed by atoms with van der Waals surface area (Å²) < 4.78 is 11.3. The molecule has 6 heteroatoms. The van der Waals surface area contributed by atoms with Crippen LogP contribution in [0.3, 0.4) is 0 Å². The third-order valence-corrected chi connectivity index (χ3v) is 6.25. The second kappa shape index (κ2) is 14.4. The number of nitrogens with zero attached hydrogens (tertiary/aromatic N) is 1. The van der Waals surface area contributed by atoms with Gasteiger partial charge < -0.3 is 19.7 Å². The van der Waals surface area contributed by atoms with Crippen LogP contribution in [0.25, 0.3) is 0 Å². The van der Waals surface area contributed by atoms with Gasteiger partial charge >= 0.3 is 6.09 Å². The fourth-order valence-corrected chi connectivity index (χ4v) is 4.37. The largest absolute Gasteiger partial charge is 0.444 e. The highest BCUT2D eigenvalue weighted by atomic mass is 16.6. The molecule has 1 heterocycles. The molecular formula is C26H51NO5. The lowest BCUT2D eigenvalue weighted by Crippen LogP contribution is -2.55. The first-order chi connectivity index (χ1) is 15.0. The van der Waals surface area contributed by atoms with E-state index in [0.717, 1.165) is 12.8 Å². The van der Waals surface area contributed by atoms with E-state index >= 15 is 0 Å². The molecule has 2 N–H and O–H groups in total. The van der Waals surface area contributed by atoms with Gasteiger partial charge in [0.1, 0.15) is 17.4 Å². The van der Waals surface area contributed by atoms with Crippen LogP contribution in [0.4, 0.5) is 4.79 Å². The van der Waals surface area contributed by atoms with Crippen molar-refractivity contribution in [2.45, 2.75) is 155 Å². The number of rotatable bonds is 15. The Bertz CT molecular complexity index is 517. The average Bonchev–Trinajstić information content (AvgIpc) is 3.01. The van der Waals surface area contributed by atoms with E-state index in [-0.39, 0.29) is 6.61 Å². The van der Waals surface area contributed by atoms with Crippen molar-refractivity contribution in [3.63, 3.8) is 0 Å². The minimum Gasteiger partial charge on any atom is -0.444 e. The Hall–Kier alpha value is -0.850. The predicted molar refractivity (Wildman–Crippen MR) is 130 cm³/mol. The van der Waals surface area contributed by atoms with Crippen LogP contribution >= 0.6 is 0 Å². The van der Waals surface area contributed by atoms with Gasteiger partial charge in [0.05, 0.1) is 18.8 Å². The summed E-state index contributed by atoms with van der Waals surface area (Å²) in [6.07, 6.45) is 13.2. The molecule has 1 rings (SSSR count). The molecule has 1 fully saturated rings. The maximum Gasteiger partial charge on any atom is 0.412 e. The van der Waals surface area contributed by atoms with Crippen LogP contribution in [-0.4, -0.2) is 57.4 Å². The summed E-state index contributed by atoms with van der Waals surface area (Å²) in [5, 5.41) is 21.3. The number of carbonyl (C=O) groups is 1. The van der Waals surface area contributed by atoms with E-state index in [1.165, 1.54) is 69.1 Å². The molecule has 1 saturated heterocycles. The monoisotopic (exact) mass is 457 g/mol. The van der Waals surface area contributed by atoms with Gasteiger partial charge in [0.15, 0.2) is 0 Å². The van der Waals surface area contributed by atoms with Crippen molar-refractivity contribution in [3.8, 4) is 0 Å². The van der Waals surface area contributed by atoms with Crippen molar-refractivity contribution in [3.05, 3.63) is 0 Å². The van der Waals surface area contributed by atoms with Crippen LogP contribution in [0, 0.1) is 0 Å². The zero-order chi connectivity index (χ0) is 24.2. The molecule has 1 aliphatic heterocycles. The summed E-state index contributed by atoms with van der Waals surface area (Å²) in [6, 6.07) is -0.618. The Morgan fingerprint density at radius 1 is 0.969 bits per heavy atom. The van der Waals surface area contributed by atoms with Crippen LogP contribution in [0.5, 0.6) is 0 Å². The molecule has 3 atom stereocenters. The van der Waals surface area contributed by atoms with Crippen molar-refractivity contribution >= 4 is 6.09 Å². The average molecular weight is 458 g/mol. The van der Waals surface area contributed by atoms with Crippen LogP contribution < -0.4 is 0 Å². The fraction of sp³-hybridized carbons (Fsp3) is 0.962. The highest BCUT2D eigenvalue weighted by Crippen LogP contribution is 2.32. The van der Waals surface area contributed by atoms with Crippen LogP contribution in [0.15, 0.2) is 0 Å². The van der Waals surface area contributed by atoms with Gasteiger partial charge in [-0.15, -0.1) is 0 Å². The van der Waals surface area contributed by atoms with E-state index in [4.69, 9.17) is 9.47 Å². The molecule has 0 radical (unpaired) electrons. The van der Waals surface area contributed by atoms with Gasteiger partial charge in [-0.1, -0.05) is 84.0 Å². The summed E-state index contributed by atoms with van der Waals surface area (Å²) in [5.74, 6) is 0. The molecule has 0 bridgehead atoms. The summed E-state index contributed by atoms with van der Waals surface area (Å²) in [6.45, 7) is 11.4. The van der Waals surface area contributed by atoms with Gasteiger partial charge in [-0.2, -0.15) is 0 Å². The lowest BCUT2D eigenvalue weighted by Gasteiger charge is -2.37. The topological polar surface area (TPSA) is 79.2 Å². The lowest BCUT2D eigenvalue weighted by atomic mass is 9.98. The molecular weight excluding hydrogens is 406 g/mol. The maximum atomic E-state index is 12.7. The minimum absolute atomic E-state index is 0.183. The number of carbonyl (C=O) groups excluding carboxylic acids is 1. The zero-order valence-corrected chi connectivity index (χ0v) is 21.7. The molecule has 0 spiro atoms. The number of hydrogen-bond acceptors (Lipinski definition) is 5. The number of aliphatic hydroxyl groups is 2. The van der Waals surface area contributed by atoms with E-state index < -0.39 is 35.7 Å². The Kier molecular flexibility index (Phi) is 13.2. The van der Waals surface area contributed by atoms with Crippen molar-refractivity contribution in [1.29, 1.82) is 0 Å². The summed E-state index contributed by atoms with van der Waals surface area (Å²) in [7, 11) is 0. The molecule has 1 amide bonds. The second-order valence-electron chi connectivity index (χ2n) is 10.9. The van der Waals surface area contributed by atoms with E-state index in [9.17, 15) is 15.0 Å². The number of aliphatic hydroxyl groups excluding tert-OH is 2. The molecule has 0 aromatic carbocycles. The minimum atomic E-state index is -1.06. The first-order valence-electron chi connectivity index (χ1n) is 13.0. The second-order valence-corrected chi connectivity index (χ2v) is 10.9. The summed E-state index contributed by atoms with van der Waals surface area (Å²) in [5.41, 5.74) is -1.53. The summed E-state index contributed by atoms with van der Waals surface area (Å²) in [4.78, 5) is 14.2.